The van der Waals surface area contributed by atoms with Gasteiger partial charge in [-0.25, -0.2) is 4.39 Å². The Hall–Kier alpha value is -3.24. The highest BCUT2D eigenvalue weighted by molar-refractivity contribution is 6.14. The second kappa shape index (κ2) is 6.63. The molecule has 0 saturated carbocycles. The molecule has 1 aliphatic heterocycles. The third kappa shape index (κ3) is 2.86. The van der Waals surface area contributed by atoms with Gasteiger partial charge in [0, 0.05) is 16.5 Å². The van der Waals surface area contributed by atoms with Crippen molar-refractivity contribution in [2.75, 3.05) is 0 Å². The molecule has 1 N–H and O–H groups in total. The summed E-state index contributed by atoms with van der Waals surface area (Å²) in [5.74, 6) is -0.653. The van der Waals surface area contributed by atoms with Gasteiger partial charge in [-0.15, -0.1) is 0 Å². The van der Waals surface area contributed by atoms with Crippen LogP contribution < -0.4 is 0 Å². The lowest BCUT2D eigenvalue weighted by Gasteiger charge is -2.39. The first-order valence-corrected chi connectivity index (χ1v) is 10.5. The first-order valence-electron chi connectivity index (χ1n) is 10.5. The van der Waals surface area contributed by atoms with Gasteiger partial charge >= 0.3 is 0 Å². The molecule has 0 amide bonds. The van der Waals surface area contributed by atoms with E-state index < -0.39 is 16.8 Å². The molecule has 4 aromatic rings. The Morgan fingerprint density at radius 3 is 2.35 bits per heavy atom. The van der Waals surface area contributed by atoms with Gasteiger partial charge in [0.05, 0.1) is 22.2 Å². The van der Waals surface area contributed by atoms with Crippen molar-refractivity contribution >= 4 is 16.8 Å². The molecule has 2 heterocycles. The summed E-state index contributed by atoms with van der Waals surface area (Å²) >= 11 is 0. The molecule has 0 aliphatic carbocycles. The van der Waals surface area contributed by atoms with Crippen molar-refractivity contribution in [3.8, 4) is 22.4 Å². The van der Waals surface area contributed by atoms with Crippen LogP contribution in [0, 0.1) is 5.82 Å². The topological polar surface area (TPSA) is 42.2 Å². The Morgan fingerprint density at radius 2 is 1.65 bits per heavy atom. The molecule has 31 heavy (non-hydrogen) atoms. The van der Waals surface area contributed by atoms with Crippen molar-refractivity contribution in [2.45, 2.75) is 38.2 Å². The summed E-state index contributed by atoms with van der Waals surface area (Å²) in [5, 5.41) is 11.3. The number of rotatable bonds is 3. The van der Waals surface area contributed by atoms with E-state index in [1.54, 1.807) is 24.5 Å². The number of hydrogen-bond donors (Lipinski definition) is 1. The number of benzene rings is 3. The fraction of sp³-hybridized carbons (Fsp3) is 0.222. The molecule has 1 atom stereocenters. The van der Waals surface area contributed by atoms with E-state index >= 15 is 4.39 Å². The molecule has 1 aromatic heterocycles. The van der Waals surface area contributed by atoms with Gasteiger partial charge in [0.15, 0.2) is 0 Å². The number of para-hydroxylation sites is 1. The normalized spacial score (nSPS) is 18.2. The minimum Gasteiger partial charge on any atom is -0.390 e. The Kier molecular flexibility index (Phi) is 4.21. The Bertz CT molecular complexity index is 1330. The average Bonchev–Trinajstić information content (AvgIpc) is 3.08. The first kappa shape index (κ1) is 19.7. The molecule has 156 valence electrons. The van der Waals surface area contributed by atoms with Gasteiger partial charge < -0.3 is 5.11 Å². The van der Waals surface area contributed by atoms with E-state index in [1.807, 2.05) is 67.6 Å². The lowest BCUT2D eigenvalue weighted by Crippen LogP contribution is -2.45. The number of carbonyl (C=O) groups excluding carboxylic acids is 1. The van der Waals surface area contributed by atoms with Gasteiger partial charge in [-0.05, 0) is 44.4 Å². The summed E-state index contributed by atoms with van der Waals surface area (Å²) in [7, 11) is 0. The van der Waals surface area contributed by atoms with Crippen LogP contribution in [0.25, 0.3) is 33.3 Å². The van der Waals surface area contributed by atoms with Crippen LogP contribution in [0.3, 0.4) is 0 Å². The predicted octanol–water partition coefficient (Wildman–Crippen LogP) is 6.19. The number of aliphatic hydroxyl groups is 1. The van der Waals surface area contributed by atoms with Gasteiger partial charge in [0.2, 0.25) is 5.91 Å². The summed E-state index contributed by atoms with van der Waals surface area (Å²) in [5.41, 5.74) is 2.46. The molecule has 0 saturated heterocycles. The second-order valence-electron chi connectivity index (χ2n) is 9.23. The van der Waals surface area contributed by atoms with Crippen molar-refractivity contribution in [3.05, 3.63) is 84.2 Å². The summed E-state index contributed by atoms with van der Waals surface area (Å²) in [4.78, 5) is 14.1. The number of hydrogen-bond acceptors (Lipinski definition) is 2. The van der Waals surface area contributed by atoms with Crippen LogP contribution in [0.5, 0.6) is 0 Å². The molecule has 4 heteroatoms. The summed E-state index contributed by atoms with van der Waals surface area (Å²) in [6.07, 6.45) is 0.226. The molecule has 0 bridgehead atoms. The zero-order chi connectivity index (χ0) is 22.0. The van der Waals surface area contributed by atoms with E-state index in [2.05, 4.69) is 0 Å². The molecule has 0 unspecified atom stereocenters. The Balaban J connectivity index is 1.96. The van der Waals surface area contributed by atoms with Crippen molar-refractivity contribution in [1.29, 1.82) is 0 Å². The number of halogens is 1. The van der Waals surface area contributed by atoms with E-state index in [0.717, 1.165) is 22.3 Å². The monoisotopic (exact) mass is 413 g/mol. The van der Waals surface area contributed by atoms with Crippen LogP contribution in [0.1, 0.15) is 37.6 Å². The highest BCUT2D eigenvalue weighted by atomic mass is 19.1. The quantitative estimate of drug-likeness (QED) is 0.435. The second-order valence-corrected chi connectivity index (χ2v) is 9.23. The third-order valence-electron chi connectivity index (χ3n) is 6.24. The molecule has 0 spiro atoms. The van der Waals surface area contributed by atoms with E-state index in [0.29, 0.717) is 11.1 Å². The fourth-order valence-corrected chi connectivity index (χ4v) is 5.22. The highest BCUT2D eigenvalue weighted by Crippen LogP contribution is 2.50. The molecule has 0 fully saturated rings. The molecular formula is C27H24FNO2. The van der Waals surface area contributed by atoms with Gasteiger partial charge in [-0.1, -0.05) is 66.7 Å². The van der Waals surface area contributed by atoms with E-state index in [4.69, 9.17) is 0 Å². The first-order chi connectivity index (χ1) is 14.7. The maximum Gasteiger partial charge on any atom is 0.242 e. The minimum absolute atomic E-state index is 0.222. The van der Waals surface area contributed by atoms with Crippen molar-refractivity contribution in [1.82, 2.24) is 4.57 Å². The van der Waals surface area contributed by atoms with E-state index in [1.165, 1.54) is 6.07 Å². The molecule has 3 nitrogen and oxygen atoms in total. The van der Waals surface area contributed by atoms with Gasteiger partial charge in [0.1, 0.15) is 5.82 Å². The van der Waals surface area contributed by atoms with Crippen LogP contribution >= 0.6 is 0 Å². The number of nitrogens with zero attached hydrogens (tertiary/aromatic N) is 1. The summed E-state index contributed by atoms with van der Waals surface area (Å²) in [6.45, 7) is 5.25. The SMILES string of the molecule is CC(C)(O)C[C@@]1(C)C(=O)n2c(c(-c3ccccc3)c3cccc(F)c32)-c2ccccc21. The van der Waals surface area contributed by atoms with Gasteiger partial charge in [-0.2, -0.15) is 0 Å². The van der Waals surface area contributed by atoms with Crippen LogP contribution in [-0.4, -0.2) is 21.2 Å². The zero-order valence-electron chi connectivity index (χ0n) is 17.8. The predicted molar refractivity (Wildman–Crippen MR) is 122 cm³/mol. The third-order valence-corrected chi connectivity index (χ3v) is 6.24. The van der Waals surface area contributed by atoms with Crippen molar-refractivity contribution in [3.63, 3.8) is 0 Å². The summed E-state index contributed by atoms with van der Waals surface area (Å²) < 4.78 is 16.8. The number of aromatic nitrogens is 1. The minimum atomic E-state index is -1.07. The van der Waals surface area contributed by atoms with E-state index in [9.17, 15) is 9.90 Å². The lowest BCUT2D eigenvalue weighted by molar-refractivity contribution is 0.0378. The Morgan fingerprint density at radius 1 is 0.968 bits per heavy atom. The average molecular weight is 413 g/mol. The standard InChI is InChI=1S/C27H24FNO2/c1-26(2,31)16-27(3)20-14-8-7-12-18(20)24-22(17-10-5-4-6-11-17)19-13-9-15-21(28)23(19)29(24)25(27)30/h4-15,31H,16H2,1-3H3/t27-/m1/s1. The molecular weight excluding hydrogens is 389 g/mol. The summed E-state index contributed by atoms with van der Waals surface area (Å²) in [6, 6.07) is 22.5. The van der Waals surface area contributed by atoms with E-state index in [-0.39, 0.29) is 17.8 Å². The smallest absolute Gasteiger partial charge is 0.242 e. The zero-order valence-corrected chi connectivity index (χ0v) is 17.8. The van der Waals surface area contributed by atoms with Crippen LogP contribution in [0.15, 0.2) is 72.8 Å². The van der Waals surface area contributed by atoms with Crippen molar-refractivity contribution < 1.29 is 14.3 Å². The fourth-order valence-electron chi connectivity index (χ4n) is 5.22. The lowest BCUT2D eigenvalue weighted by atomic mass is 9.70. The molecule has 3 aromatic carbocycles. The number of carbonyl (C=O) groups is 1. The maximum atomic E-state index is 15.2. The molecule has 5 rings (SSSR count). The van der Waals surface area contributed by atoms with Crippen LogP contribution in [0.4, 0.5) is 4.39 Å². The highest BCUT2D eigenvalue weighted by Gasteiger charge is 2.47. The largest absolute Gasteiger partial charge is 0.390 e. The van der Waals surface area contributed by atoms with Crippen LogP contribution in [-0.2, 0) is 5.41 Å². The molecule has 0 radical (unpaired) electrons. The molecule has 1 aliphatic rings. The maximum absolute atomic E-state index is 15.2. The van der Waals surface area contributed by atoms with Gasteiger partial charge in [-0.3, -0.25) is 9.36 Å². The Labute approximate surface area is 180 Å². The number of fused-ring (bicyclic) bond motifs is 5. The van der Waals surface area contributed by atoms with Gasteiger partial charge in [0.25, 0.3) is 0 Å². The van der Waals surface area contributed by atoms with Crippen molar-refractivity contribution in [2.24, 2.45) is 0 Å². The van der Waals surface area contributed by atoms with Crippen LogP contribution in [0.2, 0.25) is 0 Å².